The number of likely N-dealkylation sites (tertiary alicyclic amines) is 1. The van der Waals surface area contributed by atoms with Crippen molar-refractivity contribution >= 4 is 5.91 Å². The predicted molar refractivity (Wildman–Crippen MR) is 91.2 cm³/mol. The van der Waals surface area contributed by atoms with Crippen LogP contribution in [0.5, 0.6) is 0 Å². The van der Waals surface area contributed by atoms with Crippen LogP contribution < -0.4 is 0 Å². The Bertz CT molecular complexity index is 788. The third-order valence-corrected chi connectivity index (χ3v) is 5.30. The average Bonchev–Trinajstić information content (AvgIpc) is 3.11. The number of carbonyl (C=O) groups is 1. The Labute approximate surface area is 145 Å². The third-order valence-electron chi connectivity index (χ3n) is 5.30. The Morgan fingerprint density at radius 1 is 0.960 bits per heavy atom. The van der Waals surface area contributed by atoms with E-state index in [-0.39, 0.29) is 6.04 Å². The average molecular weight is 342 g/mol. The van der Waals surface area contributed by atoms with Gasteiger partial charge in [0.15, 0.2) is 0 Å². The van der Waals surface area contributed by atoms with E-state index in [4.69, 9.17) is 0 Å². The minimum atomic E-state index is -0.791. The quantitative estimate of drug-likeness (QED) is 0.837. The maximum absolute atomic E-state index is 13.9. The number of carbonyl (C=O) groups excluding carboxylic acids is 1. The molecule has 0 aromatic heterocycles. The number of nitrogens with zero attached hydrogens (tertiary/aromatic N) is 2. The molecule has 1 unspecified atom stereocenters. The van der Waals surface area contributed by atoms with Crippen LogP contribution in [0.15, 0.2) is 42.5 Å². The summed E-state index contributed by atoms with van der Waals surface area (Å²) in [5.74, 6) is -2.13. The number of amides is 1. The first-order chi connectivity index (χ1) is 12.1. The van der Waals surface area contributed by atoms with E-state index in [0.717, 1.165) is 38.1 Å². The van der Waals surface area contributed by atoms with E-state index in [2.05, 4.69) is 23.1 Å². The van der Waals surface area contributed by atoms with E-state index >= 15 is 0 Å². The first-order valence-electron chi connectivity index (χ1n) is 8.67. The SMILES string of the molecule is O=C(c1c(F)cccc1F)N1CCC(N2CCc3ccccc3C2)C1. The normalized spacial score (nSPS) is 20.6. The van der Waals surface area contributed by atoms with E-state index in [1.165, 1.54) is 17.2 Å². The maximum Gasteiger partial charge on any atom is 0.259 e. The summed E-state index contributed by atoms with van der Waals surface area (Å²) < 4.78 is 27.7. The Hall–Kier alpha value is -2.27. The van der Waals surface area contributed by atoms with Crippen LogP contribution in [-0.4, -0.2) is 41.4 Å². The van der Waals surface area contributed by atoms with Crippen LogP contribution in [-0.2, 0) is 13.0 Å². The van der Waals surface area contributed by atoms with Gasteiger partial charge in [-0.25, -0.2) is 8.78 Å². The Kier molecular flexibility index (Phi) is 4.25. The van der Waals surface area contributed by atoms with Crippen LogP contribution in [0.4, 0.5) is 8.78 Å². The van der Waals surface area contributed by atoms with E-state index in [0.29, 0.717) is 13.1 Å². The maximum atomic E-state index is 13.9. The second kappa shape index (κ2) is 6.56. The third kappa shape index (κ3) is 3.04. The second-order valence-electron chi connectivity index (χ2n) is 6.78. The molecule has 0 spiro atoms. The zero-order valence-corrected chi connectivity index (χ0v) is 13.9. The van der Waals surface area contributed by atoms with E-state index < -0.39 is 23.1 Å². The molecule has 0 saturated carbocycles. The van der Waals surface area contributed by atoms with Crippen LogP contribution in [0.1, 0.15) is 27.9 Å². The smallest absolute Gasteiger partial charge is 0.259 e. The van der Waals surface area contributed by atoms with Gasteiger partial charge in [-0.05, 0) is 36.1 Å². The molecule has 25 heavy (non-hydrogen) atoms. The molecule has 0 aliphatic carbocycles. The van der Waals surface area contributed by atoms with E-state index in [9.17, 15) is 13.6 Å². The lowest BCUT2D eigenvalue weighted by molar-refractivity contribution is 0.0763. The van der Waals surface area contributed by atoms with Crippen molar-refractivity contribution in [2.75, 3.05) is 19.6 Å². The summed E-state index contributed by atoms with van der Waals surface area (Å²) in [5.41, 5.74) is 2.28. The van der Waals surface area contributed by atoms with Crippen LogP contribution in [0, 0.1) is 11.6 Å². The lowest BCUT2D eigenvalue weighted by atomic mass is 9.98. The molecule has 2 heterocycles. The molecule has 0 bridgehead atoms. The zero-order valence-electron chi connectivity index (χ0n) is 13.9. The molecule has 0 radical (unpaired) electrons. The van der Waals surface area contributed by atoms with Crippen molar-refractivity contribution in [2.45, 2.75) is 25.4 Å². The van der Waals surface area contributed by atoms with Crippen LogP contribution in [0.25, 0.3) is 0 Å². The summed E-state index contributed by atoms with van der Waals surface area (Å²) in [6.45, 7) is 2.89. The molecular weight excluding hydrogens is 322 g/mol. The molecule has 2 aliphatic heterocycles. The Morgan fingerprint density at radius 3 is 2.44 bits per heavy atom. The lowest BCUT2D eigenvalue weighted by Gasteiger charge is -2.33. The van der Waals surface area contributed by atoms with Gasteiger partial charge in [0.2, 0.25) is 0 Å². The molecule has 1 fully saturated rings. The van der Waals surface area contributed by atoms with Crippen molar-refractivity contribution in [1.82, 2.24) is 9.80 Å². The van der Waals surface area contributed by atoms with Gasteiger partial charge in [-0.1, -0.05) is 30.3 Å². The molecule has 2 aliphatic rings. The highest BCUT2D eigenvalue weighted by molar-refractivity contribution is 5.95. The van der Waals surface area contributed by atoms with Gasteiger partial charge in [0.1, 0.15) is 17.2 Å². The van der Waals surface area contributed by atoms with Gasteiger partial charge in [-0.2, -0.15) is 0 Å². The number of fused-ring (bicyclic) bond motifs is 1. The molecule has 1 saturated heterocycles. The minimum Gasteiger partial charge on any atom is -0.337 e. The summed E-state index contributed by atoms with van der Waals surface area (Å²) in [7, 11) is 0. The molecule has 4 rings (SSSR count). The van der Waals surface area contributed by atoms with Crippen molar-refractivity contribution in [2.24, 2.45) is 0 Å². The Balaban J connectivity index is 1.46. The highest BCUT2D eigenvalue weighted by Crippen LogP contribution is 2.26. The number of hydrogen-bond donors (Lipinski definition) is 0. The fourth-order valence-electron chi connectivity index (χ4n) is 3.91. The zero-order chi connectivity index (χ0) is 17.4. The molecular formula is C20H20F2N2O. The summed E-state index contributed by atoms with van der Waals surface area (Å²) in [4.78, 5) is 16.5. The van der Waals surface area contributed by atoms with Gasteiger partial charge in [0.25, 0.3) is 5.91 Å². The summed E-state index contributed by atoms with van der Waals surface area (Å²) >= 11 is 0. The van der Waals surface area contributed by atoms with Gasteiger partial charge in [-0.15, -0.1) is 0 Å². The minimum absolute atomic E-state index is 0.243. The van der Waals surface area contributed by atoms with Crippen LogP contribution in [0.2, 0.25) is 0 Å². The van der Waals surface area contributed by atoms with Crippen molar-refractivity contribution in [3.8, 4) is 0 Å². The largest absolute Gasteiger partial charge is 0.337 e. The fourth-order valence-corrected chi connectivity index (χ4v) is 3.91. The number of halogens is 2. The van der Waals surface area contributed by atoms with Crippen molar-refractivity contribution < 1.29 is 13.6 Å². The van der Waals surface area contributed by atoms with Gasteiger partial charge in [0.05, 0.1) is 0 Å². The van der Waals surface area contributed by atoms with Gasteiger partial charge in [0, 0.05) is 32.2 Å². The topological polar surface area (TPSA) is 23.6 Å². The number of hydrogen-bond acceptors (Lipinski definition) is 2. The highest BCUT2D eigenvalue weighted by Gasteiger charge is 2.34. The molecule has 1 amide bonds. The van der Waals surface area contributed by atoms with Crippen LogP contribution in [0.3, 0.4) is 0 Å². The molecule has 1 atom stereocenters. The molecule has 130 valence electrons. The van der Waals surface area contributed by atoms with Gasteiger partial charge < -0.3 is 4.90 Å². The summed E-state index contributed by atoms with van der Waals surface area (Å²) in [5, 5.41) is 0. The molecule has 5 heteroatoms. The lowest BCUT2D eigenvalue weighted by Crippen LogP contribution is -2.41. The van der Waals surface area contributed by atoms with Crippen molar-refractivity contribution in [1.29, 1.82) is 0 Å². The van der Waals surface area contributed by atoms with Crippen LogP contribution >= 0.6 is 0 Å². The number of benzene rings is 2. The standard InChI is InChI=1S/C20H20F2N2O/c21-17-6-3-7-18(22)19(17)20(25)24-11-9-16(13-24)23-10-8-14-4-1-2-5-15(14)12-23/h1-7,16H,8-13H2. The number of rotatable bonds is 2. The Morgan fingerprint density at radius 2 is 1.68 bits per heavy atom. The van der Waals surface area contributed by atoms with Crippen molar-refractivity contribution in [3.05, 3.63) is 70.8 Å². The highest BCUT2D eigenvalue weighted by atomic mass is 19.1. The predicted octanol–water partition coefficient (Wildman–Crippen LogP) is 3.24. The second-order valence-corrected chi connectivity index (χ2v) is 6.78. The molecule has 0 N–H and O–H groups in total. The van der Waals surface area contributed by atoms with Crippen molar-refractivity contribution in [3.63, 3.8) is 0 Å². The van der Waals surface area contributed by atoms with Gasteiger partial charge >= 0.3 is 0 Å². The summed E-state index contributed by atoms with van der Waals surface area (Å²) in [6.07, 6.45) is 1.84. The molecule has 2 aromatic carbocycles. The molecule has 3 nitrogen and oxygen atoms in total. The van der Waals surface area contributed by atoms with E-state index in [1.54, 1.807) is 4.90 Å². The first kappa shape index (κ1) is 16.2. The fraction of sp³-hybridized carbons (Fsp3) is 0.350. The summed E-state index contributed by atoms with van der Waals surface area (Å²) in [6, 6.07) is 12.2. The molecule has 2 aromatic rings. The first-order valence-corrected chi connectivity index (χ1v) is 8.67. The van der Waals surface area contributed by atoms with Gasteiger partial charge in [-0.3, -0.25) is 9.69 Å². The van der Waals surface area contributed by atoms with E-state index in [1.807, 2.05) is 6.07 Å². The monoisotopic (exact) mass is 342 g/mol.